The van der Waals surface area contributed by atoms with Crippen LogP contribution in [-0.4, -0.2) is 164 Å². The normalized spacial score (nSPS) is 12.4. The first-order valence-corrected chi connectivity index (χ1v) is 35.0. The summed E-state index contributed by atoms with van der Waals surface area (Å²) >= 11 is 0. The number of carboxylic acid groups (broad SMARTS) is 3. The van der Waals surface area contributed by atoms with Crippen molar-refractivity contribution in [1.82, 2.24) is 46.9 Å². The Hall–Kier alpha value is -5.68. The molecule has 0 aromatic carbocycles. The molecule has 35 heteroatoms. The second-order valence-electron chi connectivity index (χ2n) is 21.1. The molecular weight excluding hydrogens is 1220 g/mol. The SMILES string of the molecule is C#CCCCF.CC(C)(C)OC(=O)CC[C@H](NC(=O)NC(CCCCNC(=O)CN=[N+]=[N-])C(=O)OC(C)(C)C)C(=O)OC(C)(C)C.O=C(O)CC[C@H](NC(=O)NC(CCCCNC(=O)Cn1cc(CCCF)nn1)C(=O)O)C(=O)O.PPP(P)P. The predicted octanol–water partition coefficient (Wildman–Crippen LogP) is 6.76. The third kappa shape index (κ3) is 52.4. The number of carbonyl (C=O) groups is 10. The minimum Gasteiger partial charge on any atom is -0.481 e. The molecule has 0 fully saturated rings. The lowest BCUT2D eigenvalue weighted by Gasteiger charge is -2.27. The van der Waals surface area contributed by atoms with Gasteiger partial charge in [0.15, 0.2) is 0 Å². The average Bonchev–Trinajstić information content (AvgIpc) is 3.85. The van der Waals surface area contributed by atoms with E-state index in [-0.39, 0.29) is 77.9 Å². The zero-order chi connectivity index (χ0) is 65.8. The lowest BCUT2D eigenvalue weighted by molar-refractivity contribution is -0.159. The molecule has 1 aromatic heterocycles. The maximum absolute atomic E-state index is 12.9. The number of amides is 6. The Morgan fingerprint density at radius 3 is 1.55 bits per heavy atom. The number of rotatable bonds is 34. The number of ether oxygens (including phenoxy) is 3. The van der Waals surface area contributed by atoms with E-state index >= 15 is 0 Å². The van der Waals surface area contributed by atoms with E-state index in [4.69, 9.17) is 36.4 Å². The van der Waals surface area contributed by atoms with Gasteiger partial charge < -0.3 is 61.4 Å². The molecule has 28 nitrogen and oxygen atoms in total. The maximum Gasteiger partial charge on any atom is 0.329 e. The highest BCUT2D eigenvalue weighted by Crippen LogP contribution is 2.71. The smallest absolute Gasteiger partial charge is 0.329 e. The molecule has 9 N–H and O–H groups in total. The van der Waals surface area contributed by atoms with Gasteiger partial charge in [-0.2, -0.15) is 0 Å². The van der Waals surface area contributed by atoms with Crippen molar-refractivity contribution < 1.29 is 86.3 Å². The molecule has 0 aliphatic carbocycles. The van der Waals surface area contributed by atoms with Crippen molar-refractivity contribution in [1.29, 1.82) is 0 Å². The Labute approximate surface area is 505 Å². The number of aromatic nitrogens is 3. The molecule has 6 unspecified atom stereocenters. The van der Waals surface area contributed by atoms with Crippen molar-refractivity contribution in [3.05, 3.63) is 22.3 Å². The van der Waals surface area contributed by atoms with Crippen LogP contribution in [-0.2, 0) is 65.5 Å². The number of hydrogen-bond acceptors (Lipinski definition) is 16. The summed E-state index contributed by atoms with van der Waals surface area (Å²) in [6.07, 6.45) is 8.95. The summed E-state index contributed by atoms with van der Waals surface area (Å²) in [5.74, 6) is -4.39. The van der Waals surface area contributed by atoms with Crippen molar-refractivity contribution in [3.8, 4) is 12.3 Å². The standard InChI is InChI=1S/C26H46N6O8.C19H29FN6O8.C5H7F.H7P5/c1-24(2,3)38-20(34)14-13-18(22(36)40-26(7,8)9)31-23(37)30-17(21(35)39-25(4,5)6)12-10-11-15-28-19(33)16-29-32-27;20-8-3-4-12-10-26(25-24-12)11-15(27)21-9-2-1-5-13(17(30)31)22-19(34)23-14(18(32)33)6-7-16(28)29;1-2-3-4-5-6;1-4-5(2)3/h17-18H,10-16H2,1-9H3,(H,28,33)(H2,30,31,37);10,13-14H,1-9,11H2,(H,21,27)(H,28,29)(H,30,31)(H,32,33)(H2,22,23,34);1H,3-5H2;4H,1-3H2/t17?,18-;13?,14-;;/m00../s1. The summed E-state index contributed by atoms with van der Waals surface area (Å²) < 4.78 is 40.7. The van der Waals surface area contributed by atoms with Crippen LogP contribution < -0.4 is 31.9 Å². The average molecular weight is 1310 g/mol. The molecule has 85 heavy (non-hydrogen) atoms. The monoisotopic (exact) mass is 1310 g/mol. The second kappa shape index (κ2) is 47.5. The molecule has 0 saturated heterocycles. The number of carbonyl (C=O) groups excluding carboxylic acids is 7. The van der Waals surface area contributed by atoms with Gasteiger partial charge in [-0.25, -0.2) is 33.4 Å². The van der Waals surface area contributed by atoms with Crippen LogP contribution in [0.5, 0.6) is 0 Å². The van der Waals surface area contributed by atoms with Crippen molar-refractivity contribution in [2.24, 2.45) is 5.11 Å². The first kappa shape index (κ1) is 83.5. The second-order valence-corrected chi connectivity index (χ2v) is 35.0. The molecule has 484 valence electrons. The number of aryl methyl sites for hydroxylation is 1. The third-order valence-corrected chi connectivity index (χ3v) is 21.7. The van der Waals surface area contributed by atoms with Gasteiger partial charge in [0, 0.05) is 43.5 Å². The summed E-state index contributed by atoms with van der Waals surface area (Å²) in [7, 11) is 9.24. The van der Waals surface area contributed by atoms with E-state index in [0.29, 0.717) is 57.1 Å². The Morgan fingerprint density at radius 1 is 0.706 bits per heavy atom. The molecule has 0 aliphatic rings. The van der Waals surface area contributed by atoms with Gasteiger partial charge in [0.1, 0.15) is 54.1 Å². The summed E-state index contributed by atoms with van der Waals surface area (Å²) in [4.78, 5) is 122. The number of unbranched alkanes of at least 4 members (excludes halogenated alkanes) is 3. The molecular formula is C50H89F2N12O16P5. The molecule has 0 radical (unpaired) electrons. The fourth-order valence-electron chi connectivity index (χ4n) is 6.10. The van der Waals surface area contributed by atoms with E-state index in [1.165, 1.54) is 4.68 Å². The van der Waals surface area contributed by atoms with Gasteiger partial charge in [-0.15, -0.1) is 44.2 Å². The van der Waals surface area contributed by atoms with Gasteiger partial charge in [0.25, 0.3) is 0 Å². The Balaban J connectivity index is -0.00000135. The predicted molar refractivity (Wildman–Crippen MR) is 328 cm³/mol. The number of halogens is 2. The van der Waals surface area contributed by atoms with E-state index < -0.39 is 108 Å². The molecule has 0 spiro atoms. The van der Waals surface area contributed by atoms with Crippen molar-refractivity contribution in [3.63, 3.8) is 0 Å². The number of alkyl halides is 2. The van der Waals surface area contributed by atoms with Crippen LogP contribution in [0.3, 0.4) is 0 Å². The number of nitrogens with one attached hydrogen (secondary N) is 6. The summed E-state index contributed by atoms with van der Waals surface area (Å²) in [5.41, 5.74) is 6.49. The third-order valence-electron chi connectivity index (χ3n) is 9.73. The van der Waals surface area contributed by atoms with Gasteiger partial charge in [-0.1, -0.05) is 18.3 Å². The number of aliphatic carboxylic acids is 3. The number of hydrogen-bond donors (Lipinski definition) is 9. The number of azide groups is 1. The Bertz CT molecular complexity index is 2310. The van der Waals surface area contributed by atoms with E-state index in [1.807, 2.05) is 5.32 Å². The molecule has 8 atom stereocenters. The van der Waals surface area contributed by atoms with Crippen LogP contribution in [0.2, 0.25) is 0 Å². The fraction of sp³-hybridized carbons (Fsp3) is 0.720. The highest BCUT2D eigenvalue weighted by atomic mass is 32.8. The number of carboxylic acids is 3. The highest BCUT2D eigenvalue weighted by Gasteiger charge is 2.32. The van der Waals surface area contributed by atoms with E-state index in [0.717, 1.165) is 7.96 Å². The van der Waals surface area contributed by atoms with Crippen LogP contribution in [0, 0.1) is 12.3 Å². The van der Waals surface area contributed by atoms with E-state index in [2.05, 4.69) is 79.6 Å². The fourth-order valence-corrected chi connectivity index (χ4v) is 6.10. The van der Waals surface area contributed by atoms with E-state index in [1.54, 1.807) is 68.5 Å². The quantitative estimate of drug-likeness (QED) is 0.00502. The summed E-state index contributed by atoms with van der Waals surface area (Å²) in [6, 6.07) is -6.88. The molecule has 0 bridgehead atoms. The molecule has 6 amide bonds. The van der Waals surface area contributed by atoms with Crippen molar-refractivity contribution in [2.75, 3.05) is 33.0 Å². The topological polar surface area (TPSA) is 411 Å². The van der Waals surface area contributed by atoms with Gasteiger partial charge >= 0.3 is 47.9 Å². The first-order valence-electron chi connectivity index (χ1n) is 26.8. The Kier molecular flexibility index (Phi) is 46.6. The summed E-state index contributed by atoms with van der Waals surface area (Å²) in [6.45, 7) is 14.9. The maximum atomic E-state index is 12.9. The number of terminal acetylenes is 1. The lowest BCUT2D eigenvalue weighted by atomic mass is 10.1. The molecule has 0 aliphatic heterocycles. The number of nitrogens with zero attached hydrogens (tertiary/aromatic N) is 6. The van der Waals surface area contributed by atoms with Crippen LogP contribution in [0.4, 0.5) is 18.4 Å². The van der Waals surface area contributed by atoms with Crippen LogP contribution in [0.15, 0.2) is 11.3 Å². The summed E-state index contributed by atoms with van der Waals surface area (Å²) in [5, 5.41) is 52.2. The van der Waals surface area contributed by atoms with Crippen LogP contribution in [0.1, 0.15) is 151 Å². The van der Waals surface area contributed by atoms with Gasteiger partial charge in [-0.3, -0.25) is 28.0 Å². The number of esters is 3. The minimum atomic E-state index is -1.48. The van der Waals surface area contributed by atoms with Crippen LogP contribution >= 0.6 is 41.7 Å². The van der Waals surface area contributed by atoms with Crippen molar-refractivity contribution in [2.45, 2.75) is 200 Å². The zero-order valence-corrected chi connectivity index (χ0v) is 55.2. The molecule has 0 saturated carbocycles. The molecule has 1 heterocycles. The van der Waals surface area contributed by atoms with Crippen LogP contribution in [0.25, 0.3) is 10.4 Å². The highest BCUT2D eigenvalue weighted by molar-refractivity contribution is 8.77. The molecule has 1 aromatic rings. The number of urea groups is 2. The van der Waals surface area contributed by atoms with E-state index in [9.17, 15) is 61.8 Å². The van der Waals surface area contributed by atoms with Gasteiger partial charge in [0.05, 0.1) is 19.0 Å². The minimum absolute atomic E-state index is 0.0203. The van der Waals surface area contributed by atoms with Gasteiger partial charge in [0.2, 0.25) is 11.8 Å². The lowest BCUT2D eigenvalue weighted by Crippen LogP contribution is -2.53. The van der Waals surface area contributed by atoms with Crippen molar-refractivity contribution >= 4 is 101 Å². The van der Waals surface area contributed by atoms with Gasteiger partial charge in [-0.05, 0) is 145 Å². The first-order chi connectivity index (χ1) is 39.5. The zero-order valence-electron chi connectivity index (χ0n) is 49.9. The molecule has 1 rings (SSSR count). The largest absolute Gasteiger partial charge is 0.481 e. The Morgan fingerprint density at radius 2 is 1.14 bits per heavy atom.